The van der Waals surface area contributed by atoms with Gasteiger partial charge in [-0.15, -0.1) is 0 Å². The van der Waals surface area contributed by atoms with Crippen LogP contribution >= 0.6 is 11.6 Å². The van der Waals surface area contributed by atoms with Crippen LogP contribution in [-0.4, -0.2) is 37.7 Å². The standard InChI is InChI=1S/C15H25ClN2O2/c1-4-18(5-2)7-8-20-15-13(16)9-12(11-17)10-14(15)19-6-3/h9-10H,4-8,11,17H2,1-3H3. The van der Waals surface area contributed by atoms with Gasteiger partial charge in [0.05, 0.1) is 11.6 Å². The van der Waals surface area contributed by atoms with E-state index in [1.54, 1.807) is 0 Å². The summed E-state index contributed by atoms with van der Waals surface area (Å²) in [6.45, 7) is 10.7. The van der Waals surface area contributed by atoms with Crippen molar-refractivity contribution in [3.8, 4) is 11.5 Å². The molecule has 1 rings (SSSR count). The van der Waals surface area contributed by atoms with Gasteiger partial charge in [-0.1, -0.05) is 25.4 Å². The van der Waals surface area contributed by atoms with Crippen LogP contribution in [0.1, 0.15) is 26.3 Å². The average Bonchev–Trinajstić information content (AvgIpc) is 2.45. The molecule has 0 spiro atoms. The van der Waals surface area contributed by atoms with Crippen LogP contribution in [0.2, 0.25) is 5.02 Å². The van der Waals surface area contributed by atoms with Crippen LogP contribution in [0, 0.1) is 0 Å². The molecule has 1 aromatic rings. The molecule has 0 radical (unpaired) electrons. The van der Waals surface area contributed by atoms with E-state index >= 15 is 0 Å². The fourth-order valence-electron chi connectivity index (χ4n) is 1.96. The van der Waals surface area contributed by atoms with Gasteiger partial charge in [0.1, 0.15) is 6.61 Å². The van der Waals surface area contributed by atoms with Crippen LogP contribution in [0.15, 0.2) is 12.1 Å². The normalized spacial score (nSPS) is 10.9. The van der Waals surface area contributed by atoms with Gasteiger partial charge in [0.25, 0.3) is 0 Å². The minimum atomic E-state index is 0.430. The summed E-state index contributed by atoms with van der Waals surface area (Å²) in [6, 6.07) is 3.72. The Morgan fingerprint density at radius 3 is 2.40 bits per heavy atom. The van der Waals surface area contributed by atoms with Gasteiger partial charge in [-0.3, -0.25) is 0 Å². The molecule has 114 valence electrons. The Hall–Kier alpha value is -0.970. The summed E-state index contributed by atoms with van der Waals surface area (Å²) in [7, 11) is 0. The van der Waals surface area contributed by atoms with Crippen molar-refractivity contribution in [2.75, 3.05) is 32.8 Å². The molecule has 20 heavy (non-hydrogen) atoms. The summed E-state index contributed by atoms with van der Waals surface area (Å²) in [5.74, 6) is 1.28. The topological polar surface area (TPSA) is 47.7 Å². The second kappa shape index (κ2) is 9.06. The van der Waals surface area contributed by atoms with E-state index in [-0.39, 0.29) is 0 Å². The van der Waals surface area contributed by atoms with E-state index in [0.717, 1.165) is 25.2 Å². The molecule has 0 fully saturated rings. The number of likely N-dealkylation sites (N-methyl/N-ethyl adjacent to an activating group) is 1. The summed E-state index contributed by atoms with van der Waals surface area (Å²) in [4.78, 5) is 2.29. The van der Waals surface area contributed by atoms with Crippen molar-refractivity contribution in [1.82, 2.24) is 4.90 Å². The Bertz CT molecular complexity index is 409. The molecule has 4 nitrogen and oxygen atoms in total. The Morgan fingerprint density at radius 2 is 1.85 bits per heavy atom. The van der Waals surface area contributed by atoms with Crippen LogP contribution < -0.4 is 15.2 Å². The van der Waals surface area contributed by atoms with Gasteiger partial charge >= 0.3 is 0 Å². The first-order chi connectivity index (χ1) is 9.65. The Kier molecular flexibility index (Phi) is 7.73. The number of benzene rings is 1. The lowest BCUT2D eigenvalue weighted by molar-refractivity contribution is 0.214. The molecule has 0 aliphatic heterocycles. The molecule has 0 aliphatic rings. The van der Waals surface area contributed by atoms with Crippen LogP contribution in [0.5, 0.6) is 11.5 Å². The van der Waals surface area contributed by atoms with Crippen LogP contribution in [0.3, 0.4) is 0 Å². The first-order valence-electron chi connectivity index (χ1n) is 7.16. The maximum Gasteiger partial charge on any atom is 0.179 e. The molecular formula is C15H25ClN2O2. The van der Waals surface area contributed by atoms with E-state index < -0.39 is 0 Å². The molecule has 0 unspecified atom stereocenters. The molecule has 5 heteroatoms. The number of nitrogens with two attached hydrogens (primary N) is 1. The summed E-state index contributed by atoms with van der Waals surface area (Å²) in [6.07, 6.45) is 0. The largest absolute Gasteiger partial charge is 0.490 e. The van der Waals surface area contributed by atoms with E-state index in [1.165, 1.54) is 0 Å². The van der Waals surface area contributed by atoms with E-state index in [4.69, 9.17) is 26.8 Å². The van der Waals surface area contributed by atoms with Crippen LogP contribution in [0.4, 0.5) is 0 Å². The third-order valence-electron chi connectivity index (χ3n) is 3.15. The molecular weight excluding hydrogens is 276 g/mol. The van der Waals surface area contributed by atoms with Crippen LogP contribution in [0.25, 0.3) is 0 Å². The van der Waals surface area contributed by atoms with E-state index in [0.29, 0.717) is 36.3 Å². The second-order valence-corrected chi connectivity index (χ2v) is 4.82. The highest BCUT2D eigenvalue weighted by molar-refractivity contribution is 6.32. The van der Waals surface area contributed by atoms with E-state index in [9.17, 15) is 0 Å². The van der Waals surface area contributed by atoms with Gasteiger partial charge in [-0.2, -0.15) is 0 Å². The Morgan fingerprint density at radius 1 is 1.15 bits per heavy atom. The van der Waals surface area contributed by atoms with Gasteiger partial charge in [0, 0.05) is 13.1 Å². The maximum atomic E-state index is 6.26. The van der Waals surface area contributed by atoms with Gasteiger partial charge in [-0.25, -0.2) is 0 Å². The molecule has 0 saturated heterocycles. The summed E-state index contributed by atoms with van der Waals surface area (Å²) < 4.78 is 11.4. The van der Waals surface area contributed by atoms with Gasteiger partial charge in [0.2, 0.25) is 0 Å². The molecule has 0 heterocycles. The number of ether oxygens (including phenoxy) is 2. The van der Waals surface area contributed by atoms with E-state index in [1.807, 2.05) is 19.1 Å². The third kappa shape index (κ3) is 4.85. The number of hydrogen-bond acceptors (Lipinski definition) is 4. The van der Waals surface area contributed by atoms with Crippen molar-refractivity contribution in [2.24, 2.45) is 5.73 Å². The Labute approximate surface area is 126 Å². The monoisotopic (exact) mass is 300 g/mol. The van der Waals surface area contributed by atoms with E-state index in [2.05, 4.69) is 18.7 Å². The quantitative estimate of drug-likeness (QED) is 0.762. The van der Waals surface area contributed by atoms with Crippen molar-refractivity contribution in [2.45, 2.75) is 27.3 Å². The highest BCUT2D eigenvalue weighted by atomic mass is 35.5. The summed E-state index contributed by atoms with van der Waals surface area (Å²) in [5.41, 5.74) is 6.59. The number of nitrogens with zero attached hydrogens (tertiary/aromatic N) is 1. The number of hydrogen-bond donors (Lipinski definition) is 1. The second-order valence-electron chi connectivity index (χ2n) is 4.42. The molecule has 0 bridgehead atoms. The SMILES string of the molecule is CCOc1cc(CN)cc(Cl)c1OCCN(CC)CC. The van der Waals surface area contributed by atoms with Crippen molar-refractivity contribution >= 4 is 11.6 Å². The van der Waals surface area contributed by atoms with Crippen molar-refractivity contribution in [3.05, 3.63) is 22.7 Å². The zero-order chi connectivity index (χ0) is 15.0. The zero-order valence-corrected chi connectivity index (χ0v) is 13.4. The summed E-state index contributed by atoms with van der Waals surface area (Å²) in [5, 5.41) is 0.552. The molecule has 0 atom stereocenters. The summed E-state index contributed by atoms with van der Waals surface area (Å²) >= 11 is 6.26. The Balaban J connectivity index is 2.77. The highest BCUT2D eigenvalue weighted by Crippen LogP contribution is 2.36. The number of halogens is 1. The molecule has 2 N–H and O–H groups in total. The van der Waals surface area contributed by atoms with Gasteiger partial charge in [-0.05, 0) is 37.7 Å². The minimum Gasteiger partial charge on any atom is -0.490 e. The van der Waals surface area contributed by atoms with Crippen molar-refractivity contribution < 1.29 is 9.47 Å². The van der Waals surface area contributed by atoms with Gasteiger partial charge < -0.3 is 20.1 Å². The third-order valence-corrected chi connectivity index (χ3v) is 3.43. The molecule has 0 amide bonds. The lowest BCUT2D eigenvalue weighted by Gasteiger charge is -2.19. The highest BCUT2D eigenvalue weighted by Gasteiger charge is 2.12. The predicted octanol–water partition coefficient (Wildman–Crippen LogP) is 2.92. The van der Waals surface area contributed by atoms with Crippen LogP contribution in [-0.2, 0) is 6.54 Å². The zero-order valence-electron chi connectivity index (χ0n) is 12.6. The predicted molar refractivity (Wildman–Crippen MR) is 83.8 cm³/mol. The van der Waals surface area contributed by atoms with Crippen molar-refractivity contribution in [1.29, 1.82) is 0 Å². The fraction of sp³-hybridized carbons (Fsp3) is 0.600. The molecule has 0 aliphatic carbocycles. The number of rotatable bonds is 9. The van der Waals surface area contributed by atoms with Crippen molar-refractivity contribution in [3.63, 3.8) is 0 Å². The molecule has 0 aromatic heterocycles. The minimum absolute atomic E-state index is 0.430. The first kappa shape index (κ1) is 17.1. The fourth-order valence-corrected chi connectivity index (χ4v) is 2.25. The first-order valence-corrected chi connectivity index (χ1v) is 7.54. The van der Waals surface area contributed by atoms with Gasteiger partial charge in [0.15, 0.2) is 11.5 Å². The lowest BCUT2D eigenvalue weighted by Crippen LogP contribution is -2.28. The molecule has 1 aromatic carbocycles. The average molecular weight is 301 g/mol. The lowest BCUT2D eigenvalue weighted by atomic mass is 10.2. The molecule has 0 saturated carbocycles. The maximum absolute atomic E-state index is 6.26. The smallest absolute Gasteiger partial charge is 0.179 e.